The number of nitrogens with zero attached hydrogens (tertiary/aromatic N) is 2. The predicted molar refractivity (Wildman–Crippen MR) is 120 cm³/mol. The number of carbonyl (C=O) groups excluding carboxylic acids is 2. The first-order chi connectivity index (χ1) is 15.6. The van der Waals surface area contributed by atoms with E-state index < -0.39 is 12.5 Å². The second-order valence-electron chi connectivity index (χ2n) is 7.43. The van der Waals surface area contributed by atoms with Gasteiger partial charge in [-0.1, -0.05) is 35.3 Å². The number of benzene rings is 2. The van der Waals surface area contributed by atoms with Crippen LogP contribution in [0.5, 0.6) is 0 Å². The number of hydrogen-bond acceptors (Lipinski definition) is 4. The monoisotopic (exact) mass is 498 g/mol. The van der Waals surface area contributed by atoms with E-state index in [2.05, 4.69) is 33.5 Å². The summed E-state index contributed by atoms with van der Waals surface area (Å²) < 4.78 is 31.2. The number of carbonyl (C=O) groups is 2. The van der Waals surface area contributed by atoms with Gasteiger partial charge in [-0.3, -0.25) is 14.7 Å². The van der Waals surface area contributed by atoms with E-state index in [-0.39, 0.29) is 11.8 Å². The van der Waals surface area contributed by atoms with Crippen LogP contribution in [0.1, 0.15) is 33.0 Å². The zero-order valence-electron chi connectivity index (χ0n) is 17.3. The SMILES string of the molecule is CN1Cc2c(Cl)cc(Cl)cc2C(c2cccc(NC(=O)c3cn[nH]c3)c2)C1.O=CC(F)(F)F. The maximum Gasteiger partial charge on any atom is 0.446 e. The van der Waals surface area contributed by atoms with Gasteiger partial charge in [0.25, 0.3) is 5.91 Å². The third-order valence-electron chi connectivity index (χ3n) is 4.93. The number of alkyl halides is 3. The topological polar surface area (TPSA) is 78.1 Å². The minimum Gasteiger partial charge on any atom is -0.322 e. The number of halogens is 5. The highest BCUT2D eigenvalue weighted by molar-refractivity contribution is 6.35. The van der Waals surface area contributed by atoms with E-state index in [1.165, 1.54) is 6.20 Å². The van der Waals surface area contributed by atoms with Crippen LogP contribution in [0.15, 0.2) is 48.8 Å². The van der Waals surface area contributed by atoms with Crippen LogP contribution in [0.25, 0.3) is 0 Å². The quantitative estimate of drug-likeness (QED) is 0.480. The van der Waals surface area contributed by atoms with E-state index in [0.717, 1.165) is 35.5 Å². The molecule has 1 amide bonds. The molecule has 1 aromatic heterocycles. The van der Waals surface area contributed by atoms with Crippen LogP contribution in [0.2, 0.25) is 10.0 Å². The number of aromatic amines is 1. The summed E-state index contributed by atoms with van der Waals surface area (Å²) in [6.45, 7) is 1.64. The highest BCUT2D eigenvalue weighted by Crippen LogP contribution is 2.38. The van der Waals surface area contributed by atoms with Crippen molar-refractivity contribution in [2.75, 3.05) is 18.9 Å². The summed E-state index contributed by atoms with van der Waals surface area (Å²) in [5, 5.41) is 10.7. The first-order valence-corrected chi connectivity index (χ1v) is 10.4. The summed E-state index contributed by atoms with van der Waals surface area (Å²) in [6.07, 6.45) is -2.64. The number of aromatic nitrogens is 2. The number of amides is 1. The van der Waals surface area contributed by atoms with Crippen LogP contribution < -0.4 is 5.32 Å². The van der Waals surface area contributed by atoms with Crippen molar-refractivity contribution in [3.05, 3.63) is 81.1 Å². The Morgan fingerprint density at radius 3 is 2.64 bits per heavy atom. The van der Waals surface area contributed by atoms with E-state index in [1.807, 2.05) is 24.3 Å². The number of aldehydes is 1. The minimum absolute atomic E-state index is 0.126. The number of nitrogens with one attached hydrogen (secondary N) is 2. The van der Waals surface area contributed by atoms with E-state index in [1.54, 1.807) is 12.3 Å². The highest BCUT2D eigenvalue weighted by Gasteiger charge is 2.27. The lowest BCUT2D eigenvalue weighted by atomic mass is 9.84. The summed E-state index contributed by atoms with van der Waals surface area (Å²) >= 11 is 12.7. The normalized spacial score (nSPS) is 15.8. The van der Waals surface area contributed by atoms with Crippen molar-refractivity contribution in [2.45, 2.75) is 18.6 Å². The van der Waals surface area contributed by atoms with Gasteiger partial charge < -0.3 is 10.2 Å². The number of fused-ring (bicyclic) bond motifs is 1. The molecule has 1 aliphatic rings. The maximum absolute atomic E-state index is 12.3. The van der Waals surface area contributed by atoms with Crippen LogP contribution in [-0.2, 0) is 11.3 Å². The fourth-order valence-electron chi connectivity index (χ4n) is 3.54. The molecule has 3 aromatic rings. The largest absolute Gasteiger partial charge is 0.446 e. The molecule has 33 heavy (non-hydrogen) atoms. The van der Waals surface area contributed by atoms with Crippen molar-refractivity contribution in [2.24, 2.45) is 0 Å². The van der Waals surface area contributed by atoms with Gasteiger partial charge >= 0.3 is 6.18 Å². The molecule has 174 valence electrons. The Balaban J connectivity index is 0.000000454. The molecule has 11 heteroatoms. The van der Waals surface area contributed by atoms with Gasteiger partial charge in [0.2, 0.25) is 6.29 Å². The van der Waals surface area contributed by atoms with Gasteiger partial charge in [0, 0.05) is 40.9 Å². The maximum atomic E-state index is 12.3. The minimum atomic E-state index is -4.64. The van der Waals surface area contributed by atoms with Crippen LogP contribution in [0.3, 0.4) is 0 Å². The fourth-order valence-corrected chi connectivity index (χ4v) is 4.11. The standard InChI is InChI=1S/C20H18Cl2N4O.C2HF3O/c1-26-10-17(16-6-14(21)7-19(22)18(16)11-26)12-3-2-4-15(5-12)25-20(27)13-8-23-24-9-13;3-2(4,5)1-6/h2-9,17H,10-11H2,1H3,(H,23,24)(H,25,27);1H. The molecule has 0 fully saturated rings. The Hall–Kier alpha value is -2.88. The molecule has 0 radical (unpaired) electrons. The molecule has 2 N–H and O–H groups in total. The second-order valence-corrected chi connectivity index (χ2v) is 8.27. The van der Waals surface area contributed by atoms with Crippen LogP contribution in [0.4, 0.5) is 18.9 Å². The number of rotatable bonds is 3. The summed E-state index contributed by atoms with van der Waals surface area (Å²) in [5.41, 5.74) is 4.58. The molecule has 0 saturated carbocycles. The molecular weight excluding hydrogens is 480 g/mol. The summed E-state index contributed by atoms with van der Waals surface area (Å²) in [4.78, 5) is 23.2. The number of hydrogen-bond donors (Lipinski definition) is 2. The molecule has 1 aliphatic heterocycles. The van der Waals surface area contributed by atoms with Gasteiger partial charge in [0.05, 0.1) is 11.8 Å². The molecular formula is C22H19Cl2F3N4O2. The van der Waals surface area contributed by atoms with Crippen LogP contribution >= 0.6 is 23.2 Å². The number of anilines is 1. The molecule has 0 spiro atoms. The smallest absolute Gasteiger partial charge is 0.322 e. The highest BCUT2D eigenvalue weighted by atomic mass is 35.5. The zero-order chi connectivity index (χ0) is 24.2. The van der Waals surface area contributed by atoms with Gasteiger partial charge in [0.15, 0.2) is 0 Å². The third-order valence-corrected chi connectivity index (χ3v) is 5.49. The van der Waals surface area contributed by atoms with Crippen molar-refractivity contribution in [3.63, 3.8) is 0 Å². The Morgan fingerprint density at radius 1 is 1.27 bits per heavy atom. The van der Waals surface area contributed by atoms with Gasteiger partial charge in [-0.25, -0.2) is 0 Å². The molecule has 0 aliphatic carbocycles. The van der Waals surface area contributed by atoms with Crippen molar-refractivity contribution in [3.8, 4) is 0 Å². The zero-order valence-corrected chi connectivity index (χ0v) is 18.8. The van der Waals surface area contributed by atoms with Gasteiger partial charge in [-0.15, -0.1) is 0 Å². The summed E-state index contributed by atoms with van der Waals surface area (Å²) in [5.74, 6) is -0.0751. The molecule has 6 nitrogen and oxygen atoms in total. The Morgan fingerprint density at radius 2 is 2.00 bits per heavy atom. The molecule has 0 saturated heterocycles. The Labute approximate surface area is 197 Å². The number of likely N-dealkylation sites (N-methyl/N-ethyl adjacent to an activating group) is 1. The average molecular weight is 499 g/mol. The van der Waals surface area contributed by atoms with Crippen molar-refractivity contribution in [1.29, 1.82) is 0 Å². The van der Waals surface area contributed by atoms with Crippen molar-refractivity contribution >= 4 is 41.1 Å². The summed E-state index contributed by atoms with van der Waals surface area (Å²) in [6, 6.07) is 11.7. The van der Waals surface area contributed by atoms with E-state index in [9.17, 15) is 18.0 Å². The molecule has 2 aromatic carbocycles. The van der Waals surface area contributed by atoms with Gasteiger partial charge in [-0.2, -0.15) is 18.3 Å². The van der Waals surface area contributed by atoms with Crippen molar-refractivity contribution in [1.82, 2.24) is 15.1 Å². The predicted octanol–water partition coefficient (Wildman–Crippen LogP) is 5.29. The second kappa shape index (κ2) is 10.4. The number of H-pyrrole nitrogens is 1. The molecule has 1 atom stereocenters. The first kappa shape index (κ1) is 24.8. The van der Waals surface area contributed by atoms with Crippen LogP contribution in [-0.4, -0.2) is 47.1 Å². The van der Waals surface area contributed by atoms with Gasteiger partial charge in [0.1, 0.15) is 0 Å². The van der Waals surface area contributed by atoms with Crippen LogP contribution in [0, 0.1) is 0 Å². The Bertz CT molecular complexity index is 1140. The molecule has 1 unspecified atom stereocenters. The molecule has 2 heterocycles. The van der Waals surface area contributed by atoms with Gasteiger partial charge in [-0.05, 0) is 48.0 Å². The molecule has 0 bridgehead atoms. The van der Waals surface area contributed by atoms with Crippen molar-refractivity contribution < 1.29 is 22.8 Å². The first-order valence-electron chi connectivity index (χ1n) is 9.67. The Kier molecular flexibility index (Phi) is 7.78. The lowest BCUT2D eigenvalue weighted by Crippen LogP contribution is -2.31. The molecule has 4 rings (SSSR count). The van der Waals surface area contributed by atoms with E-state index in [4.69, 9.17) is 28.0 Å². The lowest BCUT2D eigenvalue weighted by molar-refractivity contribution is -0.156. The summed E-state index contributed by atoms with van der Waals surface area (Å²) in [7, 11) is 2.07. The van der Waals surface area contributed by atoms with E-state index >= 15 is 0 Å². The third kappa shape index (κ3) is 6.56. The van der Waals surface area contributed by atoms with E-state index in [0.29, 0.717) is 15.6 Å². The average Bonchev–Trinajstić information content (AvgIpc) is 3.29. The fraction of sp³-hybridized carbons (Fsp3) is 0.227. The lowest BCUT2D eigenvalue weighted by Gasteiger charge is -2.33.